The molecule has 1 unspecified atom stereocenters. The number of halogens is 2. The van der Waals surface area contributed by atoms with E-state index >= 15 is 0 Å². The molecule has 0 saturated carbocycles. The van der Waals surface area contributed by atoms with Crippen LogP contribution in [0.25, 0.3) is 0 Å². The summed E-state index contributed by atoms with van der Waals surface area (Å²) >= 11 is 7.05. The van der Waals surface area contributed by atoms with Crippen molar-refractivity contribution in [3.05, 3.63) is 46.3 Å². The number of hydrogen-bond acceptors (Lipinski definition) is 3. The molecular formula is C13H10Br2O3. The van der Waals surface area contributed by atoms with Crippen LogP contribution in [-0.2, 0) is 0 Å². The van der Waals surface area contributed by atoms with Crippen LogP contribution in [-0.4, -0.2) is 13.2 Å². The van der Waals surface area contributed by atoms with Crippen LogP contribution in [0.3, 0.4) is 0 Å². The fourth-order valence-corrected chi connectivity index (χ4v) is 3.30. The van der Waals surface area contributed by atoms with Crippen LogP contribution < -0.4 is 9.47 Å². The molecule has 18 heavy (non-hydrogen) atoms. The number of fused-ring (bicyclic) bond motifs is 1. The van der Waals surface area contributed by atoms with Crippen LogP contribution >= 0.6 is 31.9 Å². The summed E-state index contributed by atoms with van der Waals surface area (Å²) in [6.07, 6.45) is 1.66. The van der Waals surface area contributed by atoms with E-state index in [1.807, 2.05) is 24.3 Å². The molecule has 0 saturated heterocycles. The molecule has 1 aliphatic heterocycles. The Hall–Kier alpha value is -0.940. The predicted octanol–water partition coefficient (Wildman–Crippen LogP) is 4.30. The smallest absolute Gasteiger partial charge is 0.173 e. The van der Waals surface area contributed by atoms with E-state index in [9.17, 15) is 0 Å². The van der Waals surface area contributed by atoms with Gasteiger partial charge in [-0.2, -0.15) is 0 Å². The molecule has 0 spiro atoms. The molecule has 2 heterocycles. The highest BCUT2D eigenvalue weighted by Gasteiger charge is 2.19. The molecule has 0 N–H and O–H groups in total. The van der Waals surface area contributed by atoms with E-state index in [-0.39, 0.29) is 4.83 Å². The van der Waals surface area contributed by atoms with Gasteiger partial charge in [-0.05, 0) is 39.7 Å². The fraction of sp³-hybridized carbons (Fsp3) is 0.231. The molecule has 1 atom stereocenters. The van der Waals surface area contributed by atoms with Gasteiger partial charge in [-0.15, -0.1) is 0 Å². The summed E-state index contributed by atoms with van der Waals surface area (Å²) in [6, 6.07) is 7.88. The molecule has 1 aromatic heterocycles. The summed E-state index contributed by atoms with van der Waals surface area (Å²) < 4.78 is 17.1. The van der Waals surface area contributed by atoms with Crippen LogP contribution in [0.15, 0.2) is 39.6 Å². The van der Waals surface area contributed by atoms with E-state index in [1.165, 1.54) is 0 Å². The first-order valence-electron chi connectivity index (χ1n) is 5.52. The molecule has 0 aliphatic carbocycles. The minimum Gasteiger partial charge on any atom is -0.486 e. The Balaban J connectivity index is 1.95. The van der Waals surface area contributed by atoms with Gasteiger partial charge in [-0.3, -0.25) is 0 Å². The van der Waals surface area contributed by atoms with Crippen molar-refractivity contribution in [2.45, 2.75) is 4.83 Å². The van der Waals surface area contributed by atoms with Crippen molar-refractivity contribution < 1.29 is 13.9 Å². The van der Waals surface area contributed by atoms with Crippen molar-refractivity contribution in [2.75, 3.05) is 13.2 Å². The number of ether oxygens (including phenoxy) is 2. The van der Waals surface area contributed by atoms with Crippen molar-refractivity contribution in [1.82, 2.24) is 0 Å². The van der Waals surface area contributed by atoms with Gasteiger partial charge in [-0.1, -0.05) is 22.0 Å². The second-order valence-electron chi connectivity index (χ2n) is 3.92. The first-order chi connectivity index (χ1) is 8.75. The van der Waals surface area contributed by atoms with Gasteiger partial charge < -0.3 is 13.9 Å². The van der Waals surface area contributed by atoms with Gasteiger partial charge in [0.15, 0.2) is 16.2 Å². The molecule has 0 fully saturated rings. The molecule has 1 aromatic carbocycles. The maximum absolute atomic E-state index is 5.58. The lowest BCUT2D eigenvalue weighted by Gasteiger charge is -2.20. The van der Waals surface area contributed by atoms with Gasteiger partial charge in [0.1, 0.15) is 13.2 Å². The number of furan rings is 1. The Morgan fingerprint density at radius 1 is 1.06 bits per heavy atom. The Labute approximate surface area is 121 Å². The summed E-state index contributed by atoms with van der Waals surface area (Å²) in [5, 5.41) is 0. The van der Waals surface area contributed by atoms with E-state index < -0.39 is 0 Å². The lowest BCUT2D eigenvalue weighted by Crippen LogP contribution is -2.15. The Kier molecular flexibility index (Phi) is 3.35. The fourth-order valence-electron chi connectivity index (χ4n) is 1.88. The Morgan fingerprint density at radius 2 is 1.83 bits per heavy atom. The topological polar surface area (TPSA) is 31.6 Å². The van der Waals surface area contributed by atoms with Gasteiger partial charge in [0, 0.05) is 5.56 Å². The number of hydrogen-bond donors (Lipinski definition) is 0. The quantitative estimate of drug-likeness (QED) is 0.735. The minimum absolute atomic E-state index is 0.0569. The van der Waals surface area contributed by atoms with Crippen molar-refractivity contribution in [3.8, 4) is 11.5 Å². The van der Waals surface area contributed by atoms with Crippen molar-refractivity contribution in [2.24, 2.45) is 0 Å². The molecule has 3 nitrogen and oxygen atoms in total. The minimum atomic E-state index is 0.0569. The Bertz CT molecular complexity index is 565. The molecule has 0 amide bonds. The SMILES string of the molecule is Brc1occc1C(Br)c1ccc2c(c1)OCCO2. The zero-order chi connectivity index (χ0) is 12.5. The maximum Gasteiger partial charge on any atom is 0.173 e. The van der Waals surface area contributed by atoms with E-state index in [1.54, 1.807) is 6.26 Å². The number of alkyl halides is 1. The Morgan fingerprint density at radius 3 is 2.56 bits per heavy atom. The number of benzene rings is 1. The molecule has 1 aliphatic rings. The average Bonchev–Trinajstić information content (AvgIpc) is 2.83. The third kappa shape index (κ3) is 2.17. The molecule has 3 rings (SSSR count). The van der Waals surface area contributed by atoms with Crippen LogP contribution in [0.4, 0.5) is 0 Å². The average molecular weight is 374 g/mol. The second kappa shape index (κ2) is 4.97. The van der Waals surface area contributed by atoms with Crippen LogP contribution in [0.5, 0.6) is 11.5 Å². The third-order valence-corrected chi connectivity index (χ3v) is 4.44. The molecule has 0 bridgehead atoms. The van der Waals surface area contributed by atoms with Crippen LogP contribution in [0.2, 0.25) is 0 Å². The monoisotopic (exact) mass is 372 g/mol. The van der Waals surface area contributed by atoms with Crippen LogP contribution in [0, 0.1) is 0 Å². The molecule has 2 aromatic rings. The van der Waals surface area contributed by atoms with Crippen molar-refractivity contribution >= 4 is 31.9 Å². The first kappa shape index (κ1) is 12.1. The van der Waals surface area contributed by atoms with Crippen molar-refractivity contribution in [3.63, 3.8) is 0 Å². The van der Waals surface area contributed by atoms with Gasteiger partial charge >= 0.3 is 0 Å². The van der Waals surface area contributed by atoms with Crippen molar-refractivity contribution in [1.29, 1.82) is 0 Å². The highest BCUT2D eigenvalue weighted by molar-refractivity contribution is 9.10. The normalized spacial score (nSPS) is 15.4. The first-order valence-corrected chi connectivity index (χ1v) is 7.23. The van der Waals surface area contributed by atoms with E-state index in [0.29, 0.717) is 13.2 Å². The molecule has 0 radical (unpaired) electrons. The summed E-state index contributed by atoms with van der Waals surface area (Å²) in [7, 11) is 0. The summed E-state index contributed by atoms with van der Waals surface area (Å²) in [5.41, 5.74) is 2.15. The van der Waals surface area contributed by atoms with Gasteiger partial charge in [0.25, 0.3) is 0 Å². The lowest BCUT2D eigenvalue weighted by atomic mass is 10.1. The highest BCUT2D eigenvalue weighted by Crippen LogP contribution is 2.40. The van der Waals surface area contributed by atoms with E-state index in [4.69, 9.17) is 13.9 Å². The zero-order valence-electron chi connectivity index (χ0n) is 9.36. The van der Waals surface area contributed by atoms with Gasteiger partial charge in [0.2, 0.25) is 0 Å². The maximum atomic E-state index is 5.58. The summed E-state index contributed by atoms with van der Waals surface area (Å²) in [4.78, 5) is 0.0569. The standard InChI is InChI=1S/C13H10Br2O3/c14-12(9-3-4-18-13(9)15)8-1-2-10-11(7-8)17-6-5-16-10/h1-4,7,12H,5-6H2. The van der Waals surface area contributed by atoms with Gasteiger partial charge in [0.05, 0.1) is 11.1 Å². The summed E-state index contributed by atoms with van der Waals surface area (Å²) in [6.45, 7) is 1.20. The molecule has 5 heteroatoms. The number of rotatable bonds is 2. The third-order valence-electron chi connectivity index (χ3n) is 2.78. The van der Waals surface area contributed by atoms with E-state index in [2.05, 4.69) is 31.9 Å². The van der Waals surface area contributed by atoms with Gasteiger partial charge in [-0.25, -0.2) is 0 Å². The summed E-state index contributed by atoms with van der Waals surface area (Å²) in [5.74, 6) is 1.60. The van der Waals surface area contributed by atoms with Crippen LogP contribution in [0.1, 0.15) is 16.0 Å². The van der Waals surface area contributed by atoms with E-state index in [0.717, 1.165) is 27.3 Å². The largest absolute Gasteiger partial charge is 0.486 e. The zero-order valence-corrected chi connectivity index (χ0v) is 12.5. The lowest BCUT2D eigenvalue weighted by molar-refractivity contribution is 0.171. The highest BCUT2D eigenvalue weighted by atomic mass is 79.9. The molecular weight excluding hydrogens is 364 g/mol. The second-order valence-corrected chi connectivity index (χ2v) is 5.55. The molecule has 94 valence electrons. The predicted molar refractivity (Wildman–Crippen MR) is 74.6 cm³/mol.